The molecule has 0 aliphatic heterocycles. The highest BCUT2D eigenvalue weighted by Crippen LogP contribution is 2.31. The Bertz CT molecular complexity index is 779. The van der Waals surface area contributed by atoms with Crippen molar-refractivity contribution < 1.29 is 14.4 Å². The topological polar surface area (TPSA) is 89.4 Å². The molecule has 94 valence electrons. The highest BCUT2D eigenvalue weighted by Gasteiger charge is 2.14. The maximum absolute atomic E-state index is 10.7. The number of non-ortho nitro benzene ring substituents is 1. The van der Waals surface area contributed by atoms with Crippen LogP contribution in [0.1, 0.15) is 0 Å². The lowest BCUT2D eigenvalue weighted by Crippen LogP contribution is -1.86. The number of hydrogen-bond donors (Lipinski definition) is 1. The van der Waals surface area contributed by atoms with Gasteiger partial charge in [0.15, 0.2) is 5.58 Å². The van der Waals surface area contributed by atoms with E-state index in [0.29, 0.717) is 16.7 Å². The van der Waals surface area contributed by atoms with E-state index in [2.05, 4.69) is 4.98 Å². The van der Waals surface area contributed by atoms with Gasteiger partial charge in [-0.2, -0.15) is 0 Å². The molecular formula is C13H8N2O4. The Morgan fingerprint density at radius 2 is 2.00 bits per heavy atom. The minimum Gasteiger partial charge on any atom is -0.507 e. The first-order chi connectivity index (χ1) is 9.15. The Morgan fingerprint density at radius 1 is 1.21 bits per heavy atom. The van der Waals surface area contributed by atoms with E-state index in [1.807, 2.05) is 0 Å². The van der Waals surface area contributed by atoms with Gasteiger partial charge in [-0.25, -0.2) is 4.98 Å². The number of oxazole rings is 1. The molecule has 0 unspecified atom stereocenters. The summed E-state index contributed by atoms with van der Waals surface area (Å²) >= 11 is 0. The zero-order chi connectivity index (χ0) is 13.4. The molecule has 0 bridgehead atoms. The van der Waals surface area contributed by atoms with Crippen molar-refractivity contribution in [2.75, 3.05) is 0 Å². The van der Waals surface area contributed by atoms with E-state index >= 15 is 0 Å². The zero-order valence-electron chi connectivity index (χ0n) is 9.61. The van der Waals surface area contributed by atoms with Crippen LogP contribution >= 0.6 is 0 Å². The summed E-state index contributed by atoms with van der Waals surface area (Å²) in [5, 5.41) is 20.4. The molecule has 1 aromatic heterocycles. The fourth-order valence-corrected chi connectivity index (χ4v) is 1.80. The van der Waals surface area contributed by atoms with E-state index in [9.17, 15) is 15.2 Å². The summed E-state index contributed by atoms with van der Waals surface area (Å²) in [6.45, 7) is 0. The van der Waals surface area contributed by atoms with Crippen molar-refractivity contribution in [2.45, 2.75) is 0 Å². The number of para-hydroxylation sites is 1. The van der Waals surface area contributed by atoms with Crippen LogP contribution in [0.4, 0.5) is 5.69 Å². The van der Waals surface area contributed by atoms with E-state index in [1.165, 1.54) is 24.3 Å². The monoisotopic (exact) mass is 256 g/mol. The van der Waals surface area contributed by atoms with Gasteiger partial charge in [-0.05, 0) is 18.2 Å². The summed E-state index contributed by atoms with van der Waals surface area (Å²) in [5.41, 5.74) is 1.21. The van der Waals surface area contributed by atoms with Gasteiger partial charge in [0.25, 0.3) is 5.69 Å². The van der Waals surface area contributed by atoms with Crippen LogP contribution in [0, 0.1) is 10.1 Å². The van der Waals surface area contributed by atoms with Crippen molar-refractivity contribution in [3.8, 4) is 17.2 Å². The highest BCUT2D eigenvalue weighted by atomic mass is 16.6. The predicted octanol–water partition coefficient (Wildman–Crippen LogP) is 3.11. The molecule has 19 heavy (non-hydrogen) atoms. The number of benzene rings is 2. The fourth-order valence-electron chi connectivity index (χ4n) is 1.80. The van der Waals surface area contributed by atoms with Crippen molar-refractivity contribution in [3.63, 3.8) is 0 Å². The van der Waals surface area contributed by atoms with Crippen LogP contribution < -0.4 is 0 Å². The van der Waals surface area contributed by atoms with Crippen LogP contribution in [0.25, 0.3) is 22.6 Å². The second-order valence-electron chi connectivity index (χ2n) is 3.95. The van der Waals surface area contributed by atoms with Crippen LogP contribution in [0.2, 0.25) is 0 Å². The molecule has 3 rings (SSSR count). The van der Waals surface area contributed by atoms with Gasteiger partial charge >= 0.3 is 0 Å². The minimum absolute atomic E-state index is 0.0450. The first-order valence-electron chi connectivity index (χ1n) is 5.48. The third kappa shape index (κ3) is 1.89. The molecule has 0 fully saturated rings. The molecule has 3 aromatic rings. The molecule has 0 atom stereocenters. The van der Waals surface area contributed by atoms with Crippen molar-refractivity contribution in [1.29, 1.82) is 0 Å². The number of fused-ring (bicyclic) bond motifs is 1. The van der Waals surface area contributed by atoms with Crippen LogP contribution in [-0.4, -0.2) is 15.0 Å². The predicted molar refractivity (Wildman–Crippen MR) is 67.8 cm³/mol. The third-order valence-electron chi connectivity index (χ3n) is 2.72. The molecule has 0 saturated carbocycles. The van der Waals surface area contributed by atoms with Gasteiger partial charge in [-0.1, -0.05) is 12.1 Å². The van der Waals surface area contributed by atoms with E-state index in [-0.39, 0.29) is 17.3 Å². The summed E-state index contributed by atoms with van der Waals surface area (Å²) in [6.07, 6.45) is 0. The molecule has 0 radical (unpaired) electrons. The SMILES string of the molecule is O=[N+]([O-])c1ccc2oc(-c3ccccc3O)nc2c1. The van der Waals surface area contributed by atoms with Crippen LogP contribution in [-0.2, 0) is 0 Å². The smallest absolute Gasteiger partial charge is 0.271 e. The van der Waals surface area contributed by atoms with Crippen molar-refractivity contribution in [1.82, 2.24) is 4.98 Å². The lowest BCUT2D eigenvalue weighted by Gasteiger charge is -1.97. The third-order valence-corrected chi connectivity index (χ3v) is 2.72. The molecule has 1 heterocycles. The number of hydrogen-bond acceptors (Lipinski definition) is 5. The Labute approximate surface area is 107 Å². The first kappa shape index (κ1) is 11.2. The maximum Gasteiger partial charge on any atom is 0.271 e. The average Bonchev–Trinajstić information content (AvgIpc) is 2.81. The van der Waals surface area contributed by atoms with Crippen LogP contribution in [0.3, 0.4) is 0 Å². The number of phenolic OH excluding ortho intramolecular Hbond substituents is 1. The van der Waals surface area contributed by atoms with Gasteiger partial charge in [-0.15, -0.1) is 0 Å². The molecule has 1 N–H and O–H groups in total. The average molecular weight is 256 g/mol. The van der Waals surface area contributed by atoms with Gasteiger partial charge in [-0.3, -0.25) is 10.1 Å². The number of aromatic hydroxyl groups is 1. The van der Waals surface area contributed by atoms with Crippen LogP contribution in [0.15, 0.2) is 46.9 Å². The zero-order valence-corrected chi connectivity index (χ0v) is 9.61. The quantitative estimate of drug-likeness (QED) is 0.562. The van der Waals surface area contributed by atoms with E-state index < -0.39 is 4.92 Å². The second-order valence-corrected chi connectivity index (χ2v) is 3.95. The van der Waals surface area contributed by atoms with Crippen LogP contribution in [0.5, 0.6) is 5.75 Å². The van der Waals surface area contributed by atoms with Crippen molar-refractivity contribution in [3.05, 3.63) is 52.6 Å². The largest absolute Gasteiger partial charge is 0.507 e. The van der Waals surface area contributed by atoms with E-state index in [4.69, 9.17) is 4.42 Å². The lowest BCUT2D eigenvalue weighted by atomic mass is 10.2. The normalized spacial score (nSPS) is 10.7. The number of aromatic nitrogens is 1. The molecular weight excluding hydrogens is 248 g/mol. The Balaban J connectivity index is 2.17. The summed E-state index contributed by atoms with van der Waals surface area (Å²) in [7, 11) is 0. The lowest BCUT2D eigenvalue weighted by molar-refractivity contribution is -0.384. The summed E-state index contributed by atoms with van der Waals surface area (Å²) in [6, 6.07) is 10.8. The van der Waals surface area contributed by atoms with Gasteiger partial charge in [0, 0.05) is 12.1 Å². The summed E-state index contributed by atoms with van der Waals surface area (Å²) < 4.78 is 5.48. The number of nitro groups is 1. The second kappa shape index (κ2) is 4.09. The maximum atomic E-state index is 10.7. The van der Waals surface area contributed by atoms with Gasteiger partial charge in [0.1, 0.15) is 11.3 Å². The standard InChI is InChI=1S/C13H8N2O4/c16-11-4-2-1-3-9(11)13-14-10-7-8(15(17)18)5-6-12(10)19-13/h1-7,16H. The first-order valence-corrected chi connectivity index (χ1v) is 5.48. The fraction of sp³-hybridized carbons (Fsp3) is 0. The van der Waals surface area contributed by atoms with E-state index in [0.717, 1.165) is 0 Å². The molecule has 0 aliphatic rings. The molecule has 0 amide bonds. The van der Waals surface area contributed by atoms with Crippen molar-refractivity contribution in [2.24, 2.45) is 0 Å². The van der Waals surface area contributed by atoms with Gasteiger partial charge in [0.2, 0.25) is 5.89 Å². The number of nitro benzene ring substituents is 1. The Kier molecular flexibility index (Phi) is 2.42. The molecule has 6 heteroatoms. The van der Waals surface area contributed by atoms with Gasteiger partial charge < -0.3 is 9.52 Å². The highest BCUT2D eigenvalue weighted by molar-refractivity contribution is 5.79. The minimum atomic E-state index is -0.492. The molecule has 0 aliphatic carbocycles. The molecule has 6 nitrogen and oxygen atoms in total. The molecule has 0 spiro atoms. The molecule has 0 saturated heterocycles. The van der Waals surface area contributed by atoms with Gasteiger partial charge in [0.05, 0.1) is 10.5 Å². The van der Waals surface area contributed by atoms with E-state index in [1.54, 1.807) is 18.2 Å². The Morgan fingerprint density at radius 3 is 2.74 bits per heavy atom. The number of phenols is 1. The van der Waals surface area contributed by atoms with Crippen molar-refractivity contribution >= 4 is 16.8 Å². The number of rotatable bonds is 2. The summed E-state index contributed by atoms with van der Waals surface area (Å²) in [5.74, 6) is 0.275. The Hall–Kier alpha value is -2.89. The molecule has 2 aromatic carbocycles. The summed E-state index contributed by atoms with van der Waals surface area (Å²) in [4.78, 5) is 14.3. The number of nitrogens with zero attached hydrogens (tertiary/aromatic N) is 2.